The van der Waals surface area contributed by atoms with Crippen molar-refractivity contribution < 1.29 is 14.6 Å². The average molecular weight is 336 g/mol. The van der Waals surface area contributed by atoms with Crippen molar-refractivity contribution in [1.29, 1.82) is 0 Å². The van der Waals surface area contributed by atoms with Crippen LogP contribution in [0.3, 0.4) is 0 Å². The SMILES string of the molecule is COc1c(C)cnc(CN(C(=O)O)c2cccc3ccccc23)c1C. The quantitative estimate of drug-likeness (QED) is 0.759. The molecule has 1 amide bonds. The van der Waals surface area contributed by atoms with Gasteiger partial charge in [0.25, 0.3) is 0 Å². The highest BCUT2D eigenvalue weighted by Crippen LogP contribution is 2.30. The molecular formula is C20H20N2O3. The number of amides is 1. The van der Waals surface area contributed by atoms with E-state index in [4.69, 9.17) is 4.74 Å². The van der Waals surface area contributed by atoms with E-state index in [0.717, 1.165) is 27.6 Å². The fourth-order valence-electron chi connectivity index (χ4n) is 3.08. The van der Waals surface area contributed by atoms with Gasteiger partial charge in [-0.05, 0) is 25.3 Å². The van der Waals surface area contributed by atoms with E-state index in [9.17, 15) is 9.90 Å². The summed E-state index contributed by atoms with van der Waals surface area (Å²) < 4.78 is 5.43. The third kappa shape index (κ3) is 3.13. The number of hydrogen-bond acceptors (Lipinski definition) is 3. The number of carbonyl (C=O) groups is 1. The van der Waals surface area contributed by atoms with Gasteiger partial charge in [-0.1, -0.05) is 36.4 Å². The summed E-state index contributed by atoms with van der Waals surface area (Å²) in [5.41, 5.74) is 3.11. The van der Waals surface area contributed by atoms with Crippen LogP contribution in [-0.2, 0) is 6.54 Å². The van der Waals surface area contributed by atoms with Gasteiger partial charge >= 0.3 is 6.09 Å². The number of fused-ring (bicyclic) bond motifs is 1. The standard InChI is InChI=1S/C20H20N2O3/c1-13-11-21-17(14(2)19(13)25-3)12-22(20(23)24)18-10-6-8-15-7-4-5-9-16(15)18/h4-11H,12H2,1-3H3,(H,23,24). The number of anilines is 1. The van der Waals surface area contributed by atoms with Crippen LogP contribution in [0, 0.1) is 13.8 Å². The van der Waals surface area contributed by atoms with Gasteiger partial charge in [0.1, 0.15) is 5.75 Å². The number of rotatable bonds is 4. The number of aryl methyl sites for hydroxylation is 1. The smallest absolute Gasteiger partial charge is 0.412 e. The lowest BCUT2D eigenvalue weighted by Gasteiger charge is -2.22. The van der Waals surface area contributed by atoms with E-state index >= 15 is 0 Å². The van der Waals surface area contributed by atoms with Crippen molar-refractivity contribution in [3.63, 3.8) is 0 Å². The normalized spacial score (nSPS) is 10.7. The maximum absolute atomic E-state index is 11.9. The van der Waals surface area contributed by atoms with Crippen LogP contribution >= 0.6 is 0 Å². The summed E-state index contributed by atoms with van der Waals surface area (Å²) in [7, 11) is 1.61. The molecule has 2 aromatic carbocycles. The molecule has 0 saturated carbocycles. The van der Waals surface area contributed by atoms with Crippen LogP contribution in [0.5, 0.6) is 5.75 Å². The fraction of sp³-hybridized carbons (Fsp3) is 0.200. The molecule has 5 nitrogen and oxygen atoms in total. The van der Waals surface area contributed by atoms with E-state index in [1.54, 1.807) is 13.3 Å². The Balaban J connectivity index is 2.08. The molecule has 0 aliphatic heterocycles. The number of benzene rings is 2. The minimum atomic E-state index is -1.02. The van der Waals surface area contributed by atoms with Gasteiger partial charge in [0.15, 0.2) is 0 Å². The van der Waals surface area contributed by atoms with Crippen LogP contribution in [0.15, 0.2) is 48.7 Å². The molecule has 1 heterocycles. The summed E-state index contributed by atoms with van der Waals surface area (Å²) in [6, 6.07) is 13.4. The van der Waals surface area contributed by atoms with E-state index in [-0.39, 0.29) is 6.54 Å². The summed E-state index contributed by atoms with van der Waals surface area (Å²) in [6.07, 6.45) is 0.696. The van der Waals surface area contributed by atoms with Gasteiger partial charge in [-0.15, -0.1) is 0 Å². The van der Waals surface area contributed by atoms with Crippen LogP contribution in [0.25, 0.3) is 10.8 Å². The minimum absolute atomic E-state index is 0.159. The molecule has 3 rings (SSSR count). The second kappa shape index (κ2) is 6.81. The predicted molar refractivity (Wildman–Crippen MR) is 98.4 cm³/mol. The molecule has 25 heavy (non-hydrogen) atoms. The lowest BCUT2D eigenvalue weighted by atomic mass is 10.1. The molecule has 0 aliphatic rings. The highest BCUT2D eigenvalue weighted by molar-refractivity contribution is 6.01. The van der Waals surface area contributed by atoms with Gasteiger partial charge in [-0.25, -0.2) is 4.79 Å². The van der Waals surface area contributed by atoms with Crippen LogP contribution in [0.1, 0.15) is 16.8 Å². The summed E-state index contributed by atoms with van der Waals surface area (Å²) in [6.45, 7) is 3.98. The van der Waals surface area contributed by atoms with Crippen molar-refractivity contribution in [2.24, 2.45) is 0 Å². The Morgan fingerprint density at radius 1 is 1.16 bits per heavy atom. The number of methoxy groups -OCH3 is 1. The van der Waals surface area contributed by atoms with Crippen LogP contribution in [0.4, 0.5) is 10.5 Å². The molecule has 0 aliphatic carbocycles. The zero-order valence-corrected chi connectivity index (χ0v) is 14.5. The van der Waals surface area contributed by atoms with E-state index in [0.29, 0.717) is 11.4 Å². The van der Waals surface area contributed by atoms with E-state index in [2.05, 4.69) is 4.98 Å². The Hall–Kier alpha value is -3.08. The molecule has 128 valence electrons. The molecule has 1 N–H and O–H groups in total. The van der Waals surface area contributed by atoms with E-state index in [1.807, 2.05) is 56.3 Å². The van der Waals surface area contributed by atoms with Crippen molar-refractivity contribution in [2.45, 2.75) is 20.4 Å². The molecule has 5 heteroatoms. The summed E-state index contributed by atoms with van der Waals surface area (Å²) in [5, 5.41) is 11.7. The Morgan fingerprint density at radius 3 is 2.60 bits per heavy atom. The number of hydrogen-bond donors (Lipinski definition) is 1. The lowest BCUT2D eigenvalue weighted by molar-refractivity contribution is 0.201. The molecule has 3 aromatic rings. The zero-order chi connectivity index (χ0) is 18.0. The molecule has 0 fully saturated rings. The highest BCUT2D eigenvalue weighted by atomic mass is 16.5. The van der Waals surface area contributed by atoms with Gasteiger partial charge < -0.3 is 9.84 Å². The third-order valence-electron chi connectivity index (χ3n) is 4.35. The number of pyridine rings is 1. The summed E-state index contributed by atoms with van der Waals surface area (Å²) in [5.74, 6) is 0.744. The first-order valence-corrected chi connectivity index (χ1v) is 8.00. The predicted octanol–water partition coefficient (Wildman–Crippen LogP) is 4.54. The van der Waals surface area contributed by atoms with Crippen LogP contribution in [0.2, 0.25) is 0 Å². The summed E-state index contributed by atoms with van der Waals surface area (Å²) >= 11 is 0. The monoisotopic (exact) mass is 336 g/mol. The topological polar surface area (TPSA) is 62.7 Å². The second-order valence-corrected chi connectivity index (χ2v) is 5.91. The largest absolute Gasteiger partial charge is 0.496 e. The van der Waals surface area contributed by atoms with Crippen molar-refractivity contribution in [3.8, 4) is 5.75 Å². The van der Waals surface area contributed by atoms with Crippen molar-refractivity contribution >= 4 is 22.6 Å². The number of carboxylic acid groups (broad SMARTS) is 1. The molecule has 0 radical (unpaired) electrons. The Kier molecular flexibility index (Phi) is 4.57. The Morgan fingerprint density at radius 2 is 1.88 bits per heavy atom. The van der Waals surface area contributed by atoms with Gasteiger partial charge in [-0.3, -0.25) is 9.88 Å². The second-order valence-electron chi connectivity index (χ2n) is 5.91. The maximum Gasteiger partial charge on any atom is 0.412 e. The molecular weight excluding hydrogens is 316 g/mol. The Bertz CT molecular complexity index is 932. The van der Waals surface area contributed by atoms with E-state index < -0.39 is 6.09 Å². The zero-order valence-electron chi connectivity index (χ0n) is 14.5. The van der Waals surface area contributed by atoms with Crippen LogP contribution < -0.4 is 9.64 Å². The van der Waals surface area contributed by atoms with Gasteiger partial charge in [0.2, 0.25) is 0 Å². The highest BCUT2D eigenvalue weighted by Gasteiger charge is 2.20. The van der Waals surface area contributed by atoms with Crippen molar-refractivity contribution in [3.05, 3.63) is 65.5 Å². The molecule has 0 unspecified atom stereocenters. The first-order valence-electron chi connectivity index (χ1n) is 8.00. The van der Waals surface area contributed by atoms with Gasteiger partial charge in [0.05, 0.1) is 25.0 Å². The first-order chi connectivity index (χ1) is 12.0. The number of aromatic nitrogens is 1. The molecule has 0 bridgehead atoms. The molecule has 0 spiro atoms. The van der Waals surface area contributed by atoms with Gasteiger partial charge in [-0.2, -0.15) is 0 Å². The fourth-order valence-corrected chi connectivity index (χ4v) is 3.08. The average Bonchev–Trinajstić information content (AvgIpc) is 2.61. The molecule has 0 saturated heterocycles. The molecule has 0 atom stereocenters. The lowest BCUT2D eigenvalue weighted by Crippen LogP contribution is -2.29. The van der Waals surface area contributed by atoms with Crippen LogP contribution in [-0.4, -0.2) is 23.3 Å². The Labute approximate surface area is 146 Å². The number of nitrogens with zero attached hydrogens (tertiary/aromatic N) is 2. The van der Waals surface area contributed by atoms with Crippen molar-refractivity contribution in [2.75, 3.05) is 12.0 Å². The number of ether oxygens (including phenoxy) is 1. The minimum Gasteiger partial charge on any atom is -0.496 e. The van der Waals surface area contributed by atoms with Crippen molar-refractivity contribution in [1.82, 2.24) is 4.98 Å². The van der Waals surface area contributed by atoms with E-state index in [1.165, 1.54) is 4.90 Å². The molecule has 1 aromatic heterocycles. The van der Waals surface area contributed by atoms with Gasteiger partial charge in [0, 0.05) is 22.7 Å². The maximum atomic E-state index is 11.9. The summed E-state index contributed by atoms with van der Waals surface area (Å²) in [4.78, 5) is 17.7. The first kappa shape index (κ1) is 16.8. The third-order valence-corrected chi connectivity index (χ3v) is 4.35.